The van der Waals surface area contributed by atoms with E-state index in [-0.39, 0.29) is 5.91 Å². The van der Waals surface area contributed by atoms with E-state index in [1.165, 1.54) is 0 Å². The molecule has 0 spiro atoms. The Bertz CT molecular complexity index is 374. The Hall–Kier alpha value is -1.71. The van der Waals surface area contributed by atoms with E-state index in [2.05, 4.69) is 24.5 Å². The van der Waals surface area contributed by atoms with Crippen molar-refractivity contribution in [1.29, 1.82) is 0 Å². The van der Waals surface area contributed by atoms with Crippen molar-refractivity contribution in [2.45, 2.75) is 26.7 Å². The average Bonchev–Trinajstić information content (AvgIpc) is 2.39. The topological polar surface area (TPSA) is 50.4 Å². The van der Waals surface area contributed by atoms with E-state index < -0.39 is 0 Å². The summed E-state index contributed by atoms with van der Waals surface area (Å²) in [6.45, 7) is 5.70. The minimum atomic E-state index is 0.0988. The van der Waals surface area contributed by atoms with Gasteiger partial charge in [0.2, 0.25) is 5.91 Å². The monoisotopic (exact) mass is 264 g/mol. The zero-order chi connectivity index (χ0) is 14.1. The fourth-order valence-electron chi connectivity index (χ4n) is 1.62. The molecule has 1 aromatic carbocycles. The van der Waals surface area contributed by atoms with Crippen LogP contribution in [0.4, 0.5) is 5.69 Å². The zero-order valence-electron chi connectivity index (χ0n) is 12.0. The first-order chi connectivity index (χ1) is 9.11. The van der Waals surface area contributed by atoms with E-state index in [9.17, 15) is 4.79 Å². The average molecular weight is 264 g/mol. The Kier molecular flexibility index (Phi) is 6.79. The first-order valence-electron chi connectivity index (χ1n) is 6.76. The summed E-state index contributed by atoms with van der Waals surface area (Å²) in [5, 5.41) is 6.13. The molecule has 0 fully saturated rings. The molecule has 0 aliphatic heterocycles. The third-order valence-electron chi connectivity index (χ3n) is 2.82. The second-order valence-electron chi connectivity index (χ2n) is 4.94. The van der Waals surface area contributed by atoms with E-state index >= 15 is 0 Å². The van der Waals surface area contributed by atoms with Crippen LogP contribution >= 0.6 is 0 Å². The Morgan fingerprint density at radius 2 is 1.89 bits per heavy atom. The molecule has 0 atom stereocenters. The highest BCUT2D eigenvalue weighted by Crippen LogP contribution is 2.14. The molecule has 0 unspecified atom stereocenters. The molecule has 0 saturated carbocycles. The van der Waals surface area contributed by atoms with Crippen LogP contribution in [-0.4, -0.2) is 26.1 Å². The molecule has 1 rings (SSSR count). The van der Waals surface area contributed by atoms with Crippen molar-refractivity contribution in [3.05, 3.63) is 24.3 Å². The van der Waals surface area contributed by atoms with Gasteiger partial charge < -0.3 is 15.4 Å². The number of anilines is 1. The number of carbonyl (C=O) groups is 1. The van der Waals surface area contributed by atoms with E-state index in [0.29, 0.717) is 18.9 Å². The number of hydrogen-bond donors (Lipinski definition) is 2. The van der Waals surface area contributed by atoms with E-state index in [0.717, 1.165) is 24.4 Å². The van der Waals surface area contributed by atoms with Crippen LogP contribution in [0.3, 0.4) is 0 Å². The number of rotatable bonds is 8. The molecule has 0 bridgehead atoms. The largest absolute Gasteiger partial charge is 0.497 e. The summed E-state index contributed by atoms with van der Waals surface area (Å²) >= 11 is 0. The highest BCUT2D eigenvalue weighted by atomic mass is 16.5. The molecule has 0 aliphatic rings. The van der Waals surface area contributed by atoms with Crippen LogP contribution in [-0.2, 0) is 4.79 Å². The fourth-order valence-corrected chi connectivity index (χ4v) is 1.62. The minimum absolute atomic E-state index is 0.0988. The predicted molar refractivity (Wildman–Crippen MR) is 78.6 cm³/mol. The highest BCUT2D eigenvalue weighted by Gasteiger charge is 2.01. The van der Waals surface area contributed by atoms with Crippen molar-refractivity contribution in [3.63, 3.8) is 0 Å². The molecule has 19 heavy (non-hydrogen) atoms. The van der Waals surface area contributed by atoms with Crippen LogP contribution < -0.4 is 15.4 Å². The van der Waals surface area contributed by atoms with Gasteiger partial charge in [0.25, 0.3) is 0 Å². The molecule has 4 heteroatoms. The molecule has 0 radical (unpaired) electrons. The maximum Gasteiger partial charge on any atom is 0.221 e. The number of hydrogen-bond acceptors (Lipinski definition) is 3. The van der Waals surface area contributed by atoms with Gasteiger partial charge in [0.05, 0.1) is 7.11 Å². The van der Waals surface area contributed by atoms with Crippen LogP contribution in [0.2, 0.25) is 0 Å². The maximum atomic E-state index is 11.5. The number of nitrogens with one attached hydrogen (secondary N) is 2. The smallest absolute Gasteiger partial charge is 0.221 e. The van der Waals surface area contributed by atoms with Crippen LogP contribution in [0.15, 0.2) is 24.3 Å². The number of methoxy groups -OCH3 is 1. The Morgan fingerprint density at radius 1 is 1.21 bits per heavy atom. The van der Waals surface area contributed by atoms with E-state index in [4.69, 9.17) is 4.74 Å². The molecule has 2 N–H and O–H groups in total. The Morgan fingerprint density at radius 3 is 2.47 bits per heavy atom. The lowest BCUT2D eigenvalue weighted by molar-refractivity contribution is -0.120. The number of ether oxygens (including phenoxy) is 1. The van der Waals surface area contributed by atoms with Gasteiger partial charge in [0, 0.05) is 25.2 Å². The zero-order valence-corrected chi connectivity index (χ0v) is 12.0. The van der Waals surface area contributed by atoms with Gasteiger partial charge in [-0.2, -0.15) is 0 Å². The molecular weight excluding hydrogens is 240 g/mol. The molecule has 1 amide bonds. The maximum absolute atomic E-state index is 11.5. The van der Waals surface area contributed by atoms with Crippen LogP contribution in [0.1, 0.15) is 26.7 Å². The van der Waals surface area contributed by atoms with Crippen LogP contribution in [0, 0.1) is 5.92 Å². The summed E-state index contributed by atoms with van der Waals surface area (Å²) in [7, 11) is 1.64. The van der Waals surface area contributed by atoms with Crippen molar-refractivity contribution >= 4 is 11.6 Å². The lowest BCUT2D eigenvalue weighted by Crippen LogP contribution is -2.27. The highest BCUT2D eigenvalue weighted by molar-refractivity contribution is 5.76. The lowest BCUT2D eigenvalue weighted by Gasteiger charge is -2.09. The van der Waals surface area contributed by atoms with Crippen LogP contribution in [0.5, 0.6) is 5.75 Å². The van der Waals surface area contributed by atoms with Gasteiger partial charge in [0.1, 0.15) is 5.75 Å². The van der Waals surface area contributed by atoms with Crippen molar-refractivity contribution in [3.8, 4) is 5.75 Å². The summed E-state index contributed by atoms with van der Waals surface area (Å²) in [5.74, 6) is 1.55. The Balaban J connectivity index is 2.16. The molecule has 0 saturated heterocycles. The summed E-state index contributed by atoms with van der Waals surface area (Å²) < 4.78 is 5.08. The fraction of sp³-hybridized carbons (Fsp3) is 0.533. The van der Waals surface area contributed by atoms with Gasteiger partial charge in [-0.15, -0.1) is 0 Å². The third-order valence-corrected chi connectivity index (χ3v) is 2.82. The van der Waals surface area contributed by atoms with Gasteiger partial charge >= 0.3 is 0 Å². The van der Waals surface area contributed by atoms with Gasteiger partial charge in [-0.3, -0.25) is 4.79 Å². The first-order valence-corrected chi connectivity index (χ1v) is 6.76. The standard InChI is InChI=1S/C15H24N2O2/c1-12(2)8-10-17-15(18)9-11-16-13-4-6-14(19-3)7-5-13/h4-7,12,16H,8-11H2,1-3H3,(H,17,18). The quantitative estimate of drug-likeness (QED) is 0.759. The molecule has 0 aliphatic carbocycles. The van der Waals surface area contributed by atoms with Gasteiger partial charge in [-0.05, 0) is 36.6 Å². The predicted octanol–water partition coefficient (Wildman–Crippen LogP) is 2.66. The van der Waals surface area contributed by atoms with Gasteiger partial charge in [0.15, 0.2) is 0 Å². The minimum Gasteiger partial charge on any atom is -0.497 e. The third kappa shape index (κ3) is 6.70. The molecule has 1 aromatic rings. The van der Waals surface area contributed by atoms with Crippen molar-refractivity contribution in [2.75, 3.05) is 25.5 Å². The summed E-state index contributed by atoms with van der Waals surface area (Å²) in [4.78, 5) is 11.5. The lowest BCUT2D eigenvalue weighted by atomic mass is 10.1. The second kappa shape index (κ2) is 8.40. The van der Waals surface area contributed by atoms with Gasteiger partial charge in [-0.1, -0.05) is 13.8 Å². The summed E-state index contributed by atoms with van der Waals surface area (Å²) in [6, 6.07) is 7.67. The molecule has 0 heterocycles. The van der Waals surface area contributed by atoms with E-state index in [1.807, 2.05) is 24.3 Å². The number of benzene rings is 1. The van der Waals surface area contributed by atoms with E-state index in [1.54, 1.807) is 7.11 Å². The Labute approximate surface area is 115 Å². The molecule has 0 aromatic heterocycles. The van der Waals surface area contributed by atoms with Crippen LogP contribution in [0.25, 0.3) is 0 Å². The molecule has 106 valence electrons. The number of carbonyl (C=O) groups excluding carboxylic acids is 1. The number of amides is 1. The van der Waals surface area contributed by atoms with Gasteiger partial charge in [-0.25, -0.2) is 0 Å². The first kappa shape index (κ1) is 15.3. The molecule has 4 nitrogen and oxygen atoms in total. The SMILES string of the molecule is COc1ccc(NCCC(=O)NCCC(C)C)cc1. The summed E-state index contributed by atoms with van der Waals surface area (Å²) in [6.07, 6.45) is 1.52. The molecular formula is C15H24N2O2. The van der Waals surface area contributed by atoms with Crippen molar-refractivity contribution in [2.24, 2.45) is 5.92 Å². The second-order valence-corrected chi connectivity index (χ2v) is 4.94. The van der Waals surface area contributed by atoms with Crippen molar-refractivity contribution < 1.29 is 9.53 Å². The summed E-state index contributed by atoms with van der Waals surface area (Å²) in [5.41, 5.74) is 0.996. The van der Waals surface area contributed by atoms with Crippen molar-refractivity contribution in [1.82, 2.24) is 5.32 Å². The normalized spacial score (nSPS) is 10.3.